The molecule has 0 aliphatic carbocycles. The van der Waals surface area contributed by atoms with E-state index >= 15 is 0 Å². The maximum Gasteiger partial charge on any atom is 0.243 e. The summed E-state index contributed by atoms with van der Waals surface area (Å²) in [5.41, 5.74) is 4.90. The first kappa shape index (κ1) is 24.3. The highest BCUT2D eigenvalue weighted by molar-refractivity contribution is 7.13. The molecule has 3 rings (SSSR count). The highest BCUT2D eigenvalue weighted by atomic mass is 32.1. The third kappa shape index (κ3) is 5.72. The first-order valence-electron chi connectivity index (χ1n) is 10.8. The van der Waals surface area contributed by atoms with Crippen molar-refractivity contribution < 1.29 is 19.4 Å². The normalized spacial score (nSPS) is 19.4. The minimum atomic E-state index is -0.701. The standard InChI is InChI=1S/C23H32N4O4S/c1-15-21(32-14-25-15)18-7-5-17(6-8-18)12-24-22(29)20-11-19(28)13-27(20)23(30)16(2)26(3)9-10-31-4/h5-8,14,16,19-20,28H,9-13H2,1-4H3,(H,24,29)/t16?,19-,20+/m1/s1. The fourth-order valence-electron chi connectivity index (χ4n) is 3.82. The van der Waals surface area contributed by atoms with Gasteiger partial charge < -0.3 is 20.1 Å². The van der Waals surface area contributed by atoms with E-state index in [-0.39, 0.29) is 24.8 Å². The van der Waals surface area contributed by atoms with Gasteiger partial charge in [0.25, 0.3) is 0 Å². The van der Waals surface area contributed by atoms with Gasteiger partial charge in [-0.2, -0.15) is 0 Å². The number of likely N-dealkylation sites (N-methyl/N-ethyl adjacent to an activating group) is 1. The van der Waals surface area contributed by atoms with Gasteiger partial charge in [-0.15, -0.1) is 11.3 Å². The van der Waals surface area contributed by atoms with Gasteiger partial charge >= 0.3 is 0 Å². The Balaban J connectivity index is 1.59. The third-order valence-corrected chi connectivity index (χ3v) is 6.94. The van der Waals surface area contributed by atoms with Crippen LogP contribution in [0.1, 0.15) is 24.6 Å². The molecule has 174 valence electrons. The number of methoxy groups -OCH3 is 1. The highest BCUT2D eigenvalue weighted by Gasteiger charge is 2.40. The van der Waals surface area contributed by atoms with Crippen LogP contribution in [0.25, 0.3) is 10.4 Å². The molecule has 32 heavy (non-hydrogen) atoms. The number of rotatable bonds is 9. The lowest BCUT2D eigenvalue weighted by Gasteiger charge is -2.30. The number of carbonyl (C=O) groups excluding carboxylic acids is 2. The van der Waals surface area contributed by atoms with Crippen LogP contribution in [0.3, 0.4) is 0 Å². The zero-order valence-electron chi connectivity index (χ0n) is 19.1. The van der Waals surface area contributed by atoms with E-state index in [0.717, 1.165) is 21.7 Å². The molecule has 2 N–H and O–H groups in total. The first-order valence-corrected chi connectivity index (χ1v) is 11.6. The van der Waals surface area contributed by atoms with Crippen molar-refractivity contribution in [3.05, 3.63) is 41.0 Å². The third-order valence-electron chi connectivity index (χ3n) is 5.96. The van der Waals surface area contributed by atoms with Crippen LogP contribution in [0.5, 0.6) is 0 Å². The van der Waals surface area contributed by atoms with Gasteiger partial charge in [-0.1, -0.05) is 24.3 Å². The molecule has 1 fully saturated rings. The lowest BCUT2D eigenvalue weighted by molar-refractivity contribution is -0.142. The molecule has 8 nitrogen and oxygen atoms in total. The number of β-amino-alcohol motifs (C(OH)–C–C–N with tert-alkyl or cyclic N) is 1. The first-order chi connectivity index (χ1) is 15.3. The fourth-order valence-corrected chi connectivity index (χ4v) is 4.63. The van der Waals surface area contributed by atoms with Crippen LogP contribution in [0, 0.1) is 6.92 Å². The van der Waals surface area contributed by atoms with Crippen molar-refractivity contribution in [2.75, 3.05) is 33.9 Å². The molecule has 1 saturated heterocycles. The van der Waals surface area contributed by atoms with Gasteiger partial charge in [-0.05, 0) is 32.0 Å². The number of aliphatic hydroxyl groups excluding tert-OH is 1. The van der Waals surface area contributed by atoms with Crippen LogP contribution >= 0.6 is 11.3 Å². The molecule has 9 heteroatoms. The zero-order chi connectivity index (χ0) is 23.3. The van der Waals surface area contributed by atoms with E-state index in [0.29, 0.717) is 19.7 Å². The predicted molar refractivity (Wildman–Crippen MR) is 124 cm³/mol. The van der Waals surface area contributed by atoms with Gasteiger partial charge in [0.15, 0.2) is 0 Å². The average Bonchev–Trinajstić information content (AvgIpc) is 3.40. The molecule has 0 radical (unpaired) electrons. The molecule has 1 unspecified atom stereocenters. The largest absolute Gasteiger partial charge is 0.391 e. The van der Waals surface area contributed by atoms with Crippen LogP contribution in [0.2, 0.25) is 0 Å². The summed E-state index contributed by atoms with van der Waals surface area (Å²) in [5.74, 6) is -0.409. The van der Waals surface area contributed by atoms with Crippen LogP contribution < -0.4 is 5.32 Å². The lowest BCUT2D eigenvalue weighted by atomic mass is 10.1. The number of aliphatic hydroxyl groups is 1. The Morgan fingerprint density at radius 1 is 1.38 bits per heavy atom. The molecular formula is C23H32N4O4S. The Labute approximate surface area is 193 Å². The number of nitrogens with one attached hydrogen (secondary N) is 1. The quantitative estimate of drug-likeness (QED) is 0.591. The minimum Gasteiger partial charge on any atom is -0.391 e. The highest BCUT2D eigenvalue weighted by Crippen LogP contribution is 2.27. The minimum absolute atomic E-state index is 0.162. The molecule has 1 aliphatic heterocycles. The molecule has 2 amide bonds. The van der Waals surface area contributed by atoms with Gasteiger partial charge in [0.1, 0.15) is 6.04 Å². The molecule has 2 heterocycles. The fraction of sp³-hybridized carbons (Fsp3) is 0.522. The number of hydrogen-bond donors (Lipinski definition) is 2. The Morgan fingerprint density at radius 3 is 2.72 bits per heavy atom. The number of ether oxygens (including phenoxy) is 1. The molecule has 1 aromatic heterocycles. The van der Waals surface area contributed by atoms with Crippen LogP contribution in [0.4, 0.5) is 0 Å². The summed E-state index contributed by atoms with van der Waals surface area (Å²) in [6.45, 7) is 5.44. The Kier molecular flexibility index (Phi) is 8.36. The van der Waals surface area contributed by atoms with Gasteiger partial charge in [-0.25, -0.2) is 4.98 Å². The van der Waals surface area contributed by atoms with Gasteiger partial charge in [-0.3, -0.25) is 14.5 Å². The molecule has 0 spiro atoms. The van der Waals surface area contributed by atoms with Crippen molar-refractivity contribution in [2.24, 2.45) is 0 Å². The van der Waals surface area contributed by atoms with Gasteiger partial charge in [0.05, 0.1) is 34.8 Å². The summed E-state index contributed by atoms with van der Waals surface area (Å²) in [4.78, 5) is 34.7. The van der Waals surface area contributed by atoms with Crippen LogP contribution in [-0.4, -0.2) is 83.7 Å². The van der Waals surface area contributed by atoms with Crippen molar-refractivity contribution in [3.8, 4) is 10.4 Å². The summed E-state index contributed by atoms with van der Waals surface area (Å²) in [6, 6.07) is 6.93. The monoisotopic (exact) mass is 460 g/mol. The van der Waals surface area contributed by atoms with Crippen molar-refractivity contribution in [2.45, 2.75) is 45.0 Å². The Hall–Kier alpha value is -2.33. The van der Waals surface area contributed by atoms with E-state index in [9.17, 15) is 14.7 Å². The topological polar surface area (TPSA) is 95.0 Å². The lowest BCUT2D eigenvalue weighted by Crippen LogP contribution is -2.52. The van der Waals surface area contributed by atoms with E-state index in [1.807, 2.05) is 55.6 Å². The Bertz CT molecular complexity index is 917. The number of carbonyl (C=O) groups is 2. The van der Waals surface area contributed by atoms with Crippen molar-refractivity contribution in [1.29, 1.82) is 0 Å². The second-order valence-electron chi connectivity index (χ2n) is 8.23. The number of aryl methyl sites for hydroxylation is 1. The number of thiazole rings is 1. The summed E-state index contributed by atoms with van der Waals surface area (Å²) in [5, 5.41) is 13.1. The van der Waals surface area contributed by atoms with E-state index in [1.54, 1.807) is 18.4 Å². The summed E-state index contributed by atoms with van der Waals surface area (Å²) in [6.07, 6.45) is -0.455. The molecular weight excluding hydrogens is 428 g/mol. The van der Waals surface area contributed by atoms with E-state index in [2.05, 4.69) is 10.3 Å². The Morgan fingerprint density at radius 2 is 2.09 bits per heavy atom. The molecule has 1 aliphatic rings. The second kappa shape index (κ2) is 11.0. The maximum atomic E-state index is 13.0. The van der Waals surface area contributed by atoms with Gasteiger partial charge in [0, 0.05) is 33.2 Å². The average molecular weight is 461 g/mol. The molecule has 1 aromatic carbocycles. The summed E-state index contributed by atoms with van der Waals surface area (Å²) >= 11 is 1.60. The van der Waals surface area contributed by atoms with Crippen LogP contribution in [0.15, 0.2) is 29.8 Å². The van der Waals surface area contributed by atoms with Crippen molar-refractivity contribution in [3.63, 3.8) is 0 Å². The number of hydrogen-bond acceptors (Lipinski definition) is 7. The number of aromatic nitrogens is 1. The number of likely N-dealkylation sites (tertiary alicyclic amines) is 1. The van der Waals surface area contributed by atoms with Gasteiger partial charge in [0.2, 0.25) is 11.8 Å². The summed E-state index contributed by atoms with van der Waals surface area (Å²) in [7, 11) is 3.46. The van der Waals surface area contributed by atoms with E-state index < -0.39 is 18.2 Å². The van der Waals surface area contributed by atoms with E-state index in [1.165, 1.54) is 4.90 Å². The van der Waals surface area contributed by atoms with Crippen molar-refractivity contribution in [1.82, 2.24) is 20.1 Å². The van der Waals surface area contributed by atoms with Crippen molar-refractivity contribution >= 4 is 23.2 Å². The smallest absolute Gasteiger partial charge is 0.243 e. The number of benzene rings is 1. The zero-order valence-corrected chi connectivity index (χ0v) is 19.9. The second-order valence-corrected chi connectivity index (χ2v) is 9.08. The molecule has 0 bridgehead atoms. The number of nitrogens with zero attached hydrogens (tertiary/aromatic N) is 3. The molecule has 3 atom stereocenters. The summed E-state index contributed by atoms with van der Waals surface area (Å²) < 4.78 is 5.08. The maximum absolute atomic E-state index is 13.0. The van der Waals surface area contributed by atoms with Crippen LogP contribution in [-0.2, 0) is 20.9 Å². The molecule has 0 saturated carbocycles. The molecule has 2 aromatic rings. The SMILES string of the molecule is COCCN(C)C(C)C(=O)N1C[C@H](O)C[C@H]1C(=O)NCc1ccc(-c2scnc2C)cc1. The number of amides is 2. The predicted octanol–water partition coefficient (Wildman–Crippen LogP) is 1.66. The van der Waals surface area contributed by atoms with E-state index in [4.69, 9.17) is 4.74 Å².